The van der Waals surface area contributed by atoms with Crippen LogP contribution in [0.25, 0.3) is 10.1 Å². The maximum atomic E-state index is 14.1. The van der Waals surface area contributed by atoms with Gasteiger partial charge in [0, 0.05) is 33.3 Å². The Balaban J connectivity index is 1.47. The van der Waals surface area contributed by atoms with E-state index in [-0.39, 0.29) is 33.1 Å². The third-order valence-electron chi connectivity index (χ3n) is 6.80. The van der Waals surface area contributed by atoms with Crippen molar-refractivity contribution in [3.63, 3.8) is 0 Å². The van der Waals surface area contributed by atoms with Gasteiger partial charge in [-0.25, -0.2) is 13.6 Å². The summed E-state index contributed by atoms with van der Waals surface area (Å²) in [5, 5.41) is 16.3. The van der Waals surface area contributed by atoms with Gasteiger partial charge in [-0.05, 0) is 54.0 Å². The Kier molecular flexibility index (Phi) is 5.61. The first-order valence-electron chi connectivity index (χ1n) is 11.2. The molecule has 7 nitrogen and oxygen atoms in total. The molecule has 2 aliphatic heterocycles. The van der Waals surface area contributed by atoms with Gasteiger partial charge in [0.15, 0.2) is 0 Å². The zero-order valence-corrected chi connectivity index (χ0v) is 20.8. The highest BCUT2D eigenvalue weighted by molar-refractivity contribution is 7.13. The molecule has 0 radical (unpaired) electrons. The predicted octanol–water partition coefficient (Wildman–Crippen LogP) is 5.86. The lowest BCUT2D eigenvalue weighted by Gasteiger charge is -2.27. The number of amides is 3. The summed E-state index contributed by atoms with van der Waals surface area (Å²) in [6.45, 7) is -1.23. The number of hydrogen-bond acceptors (Lipinski definition) is 5. The number of halogens is 6. The number of anilines is 2. The third-order valence-corrected chi connectivity index (χ3v) is 7.89. The summed E-state index contributed by atoms with van der Waals surface area (Å²) >= 11 is 7.32. The van der Waals surface area contributed by atoms with Crippen LogP contribution in [-0.2, 0) is 5.60 Å². The fourth-order valence-electron chi connectivity index (χ4n) is 5.00. The van der Waals surface area contributed by atoms with E-state index in [0.29, 0.717) is 21.1 Å². The number of fused-ring (bicyclic) bond motifs is 4. The van der Waals surface area contributed by atoms with Crippen LogP contribution in [0.3, 0.4) is 0 Å². The van der Waals surface area contributed by atoms with E-state index in [2.05, 4.69) is 15.0 Å². The van der Waals surface area contributed by atoms with Crippen molar-refractivity contribution in [2.75, 3.05) is 16.8 Å². The largest absolute Gasteiger partial charge is 0.423 e. The molecule has 3 amide bonds. The van der Waals surface area contributed by atoms with Crippen LogP contribution in [0.5, 0.6) is 0 Å². The summed E-state index contributed by atoms with van der Waals surface area (Å²) < 4.78 is 74.2. The Morgan fingerprint density at radius 3 is 2.64 bits per heavy atom. The van der Waals surface area contributed by atoms with E-state index in [1.165, 1.54) is 18.3 Å². The van der Waals surface area contributed by atoms with E-state index < -0.39 is 53.5 Å². The zero-order valence-electron chi connectivity index (χ0n) is 19.2. The molecule has 0 spiro atoms. The predicted molar refractivity (Wildman–Crippen MR) is 133 cm³/mol. The van der Waals surface area contributed by atoms with Crippen LogP contribution < -0.4 is 15.5 Å². The molecule has 6 rings (SSSR count). The number of aromatic nitrogens is 1. The zero-order chi connectivity index (χ0) is 27.9. The highest BCUT2D eigenvalue weighted by Gasteiger charge is 2.61. The minimum absolute atomic E-state index is 0.0292. The minimum atomic E-state index is -5.22. The van der Waals surface area contributed by atoms with E-state index in [4.69, 9.17) is 11.6 Å². The average molecular weight is 581 g/mol. The highest BCUT2D eigenvalue weighted by atomic mass is 35.5. The fourth-order valence-corrected chi connectivity index (χ4v) is 5.92. The second-order valence-electron chi connectivity index (χ2n) is 9.06. The molecule has 39 heavy (non-hydrogen) atoms. The molecule has 0 saturated carbocycles. The van der Waals surface area contributed by atoms with Crippen molar-refractivity contribution >= 4 is 56.5 Å². The van der Waals surface area contributed by atoms with Crippen molar-refractivity contribution in [3.05, 3.63) is 87.6 Å². The van der Waals surface area contributed by atoms with Crippen LogP contribution >= 0.6 is 23.1 Å². The SMILES string of the molecule is O=C1NC(c2cc(F)ccc2Cl)c2c(NC(=O)N3CC(O)(C(F)(F)F)c4cc(F)ccc43)cc3sncc3c21. The van der Waals surface area contributed by atoms with E-state index >= 15 is 0 Å². The molecule has 2 unspecified atom stereocenters. The maximum Gasteiger partial charge on any atom is 0.423 e. The first-order chi connectivity index (χ1) is 18.4. The first kappa shape index (κ1) is 25.5. The van der Waals surface area contributed by atoms with Gasteiger partial charge in [0.1, 0.15) is 11.6 Å². The number of aliphatic hydroxyl groups is 1. The lowest BCUT2D eigenvalue weighted by molar-refractivity contribution is -0.258. The Hall–Kier alpha value is -3.81. The van der Waals surface area contributed by atoms with Gasteiger partial charge >= 0.3 is 12.2 Å². The summed E-state index contributed by atoms with van der Waals surface area (Å²) in [4.78, 5) is 27.1. The van der Waals surface area contributed by atoms with Crippen LogP contribution in [0, 0.1) is 11.6 Å². The quantitative estimate of drug-likeness (QED) is 0.259. The van der Waals surface area contributed by atoms with Crippen molar-refractivity contribution in [2.45, 2.75) is 17.8 Å². The first-order valence-corrected chi connectivity index (χ1v) is 12.4. The van der Waals surface area contributed by atoms with Crippen molar-refractivity contribution in [2.24, 2.45) is 0 Å². The molecule has 0 bridgehead atoms. The number of urea groups is 1. The van der Waals surface area contributed by atoms with Gasteiger partial charge in [-0.3, -0.25) is 9.69 Å². The standard InChI is InChI=1S/C25H14ClF5N4O3S/c26-15-3-1-10(27)5-12(15)21-20-16(7-18-13(8-32-39-18)19(20)22(36)34-21)33-23(37)35-9-24(38,25(29,30)31)14-6-11(28)2-4-17(14)35/h1-8,21,38H,9H2,(H,33,37)(H,34,36). The molecule has 4 aromatic rings. The Morgan fingerprint density at radius 1 is 1.18 bits per heavy atom. The number of nitrogens with zero attached hydrogens (tertiary/aromatic N) is 2. The molecule has 0 saturated heterocycles. The smallest absolute Gasteiger partial charge is 0.375 e. The molecule has 14 heteroatoms. The third kappa shape index (κ3) is 3.83. The second kappa shape index (κ2) is 8.60. The van der Waals surface area contributed by atoms with E-state index in [1.807, 2.05) is 0 Å². The van der Waals surface area contributed by atoms with Gasteiger partial charge in [-0.1, -0.05) is 11.6 Å². The molecular weight excluding hydrogens is 567 g/mol. The van der Waals surface area contributed by atoms with Crippen LogP contribution in [0.15, 0.2) is 48.7 Å². The normalized spacial score (nSPS) is 20.2. The summed E-state index contributed by atoms with van der Waals surface area (Å²) in [6, 6.07) is 5.31. The second-order valence-corrected chi connectivity index (χ2v) is 10.3. The van der Waals surface area contributed by atoms with Crippen LogP contribution in [0.2, 0.25) is 5.02 Å². The molecule has 200 valence electrons. The van der Waals surface area contributed by atoms with Crippen molar-refractivity contribution < 1.29 is 36.6 Å². The number of nitrogens with one attached hydrogen (secondary N) is 2. The average Bonchev–Trinajstić information content (AvgIpc) is 3.55. The molecule has 0 fully saturated rings. The molecule has 3 N–H and O–H groups in total. The summed E-state index contributed by atoms with van der Waals surface area (Å²) in [5.41, 5.74) is -4.11. The van der Waals surface area contributed by atoms with E-state index in [9.17, 15) is 36.6 Å². The van der Waals surface area contributed by atoms with Crippen LogP contribution in [-0.4, -0.2) is 34.1 Å². The van der Waals surface area contributed by atoms with Gasteiger partial charge in [-0.15, -0.1) is 0 Å². The Morgan fingerprint density at radius 2 is 1.90 bits per heavy atom. The molecule has 2 aliphatic rings. The lowest BCUT2D eigenvalue weighted by atomic mass is 9.94. The van der Waals surface area contributed by atoms with Gasteiger partial charge in [-0.2, -0.15) is 17.5 Å². The van der Waals surface area contributed by atoms with Gasteiger partial charge < -0.3 is 15.7 Å². The molecule has 3 heterocycles. The lowest BCUT2D eigenvalue weighted by Crippen LogP contribution is -2.48. The Bertz CT molecular complexity index is 1710. The number of benzene rings is 3. The topological polar surface area (TPSA) is 94.6 Å². The molecule has 0 aliphatic carbocycles. The van der Waals surface area contributed by atoms with Gasteiger partial charge in [0.25, 0.3) is 5.91 Å². The number of alkyl halides is 3. The molecule has 2 atom stereocenters. The maximum absolute atomic E-state index is 14.1. The van der Waals surface area contributed by atoms with E-state index in [0.717, 1.165) is 35.8 Å². The summed E-state index contributed by atoms with van der Waals surface area (Å²) in [6.07, 6.45) is -3.77. The number of β-amino-alcohol motifs (C(OH)–C–C–N with tert-alkyl or cyclic N) is 1. The fraction of sp³-hybridized carbons (Fsp3) is 0.160. The monoisotopic (exact) mass is 580 g/mol. The van der Waals surface area contributed by atoms with E-state index in [1.54, 1.807) is 0 Å². The van der Waals surface area contributed by atoms with Gasteiger partial charge in [0.2, 0.25) is 5.60 Å². The van der Waals surface area contributed by atoms with Crippen LogP contribution in [0.4, 0.5) is 38.1 Å². The molecule has 1 aromatic heterocycles. The van der Waals surface area contributed by atoms with Gasteiger partial charge in [0.05, 0.1) is 34.2 Å². The van der Waals surface area contributed by atoms with Crippen molar-refractivity contribution in [1.29, 1.82) is 0 Å². The van der Waals surface area contributed by atoms with Crippen LogP contribution in [0.1, 0.15) is 33.1 Å². The number of carbonyl (C=O) groups excluding carboxylic acids is 2. The van der Waals surface area contributed by atoms with Crippen molar-refractivity contribution in [1.82, 2.24) is 9.69 Å². The highest BCUT2D eigenvalue weighted by Crippen LogP contribution is 2.49. The Labute approximate surface area is 225 Å². The molecule has 3 aromatic carbocycles. The number of carbonyl (C=O) groups is 2. The number of hydrogen-bond donors (Lipinski definition) is 3. The number of rotatable bonds is 2. The van der Waals surface area contributed by atoms with Crippen molar-refractivity contribution in [3.8, 4) is 0 Å². The molecular formula is C25H14ClF5N4O3S. The minimum Gasteiger partial charge on any atom is -0.375 e. The summed E-state index contributed by atoms with van der Waals surface area (Å²) in [5.74, 6) is -2.20. The summed E-state index contributed by atoms with van der Waals surface area (Å²) in [7, 11) is 0.